The van der Waals surface area contributed by atoms with Gasteiger partial charge in [-0.05, 0) is 31.6 Å². The number of halogens is 1. The van der Waals surface area contributed by atoms with E-state index < -0.39 is 0 Å². The number of anilines is 1. The van der Waals surface area contributed by atoms with Gasteiger partial charge in [-0.3, -0.25) is 0 Å². The number of nitrogens with zero attached hydrogens (tertiary/aromatic N) is 2. The first-order valence-electron chi connectivity index (χ1n) is 7.10. The summed E-state index contributed by atoms with van der Waals surface area (Å²) in [5.74, 6) is 2.11. The third-order valence-corrected chi connectivity index (χ3v) is 3.78. The zero-order valence-electron chi connectivity index (χ0n) is 11.4. The fourth-order valence-electron chi connectivity index (χ4n) is 2.38. The molecule has 0 bridgehead atoms. The van der Waals surface area contributed by atoms with Crippen molar-refractivity contribution in [3.63, 3.8) is 0 Å². The van der Waals surface area contributed by atoms with Crippen molar-refractivity contribution in [3.05, 3.63) is 12.4 Å². The highest BCUT2D eigenvalue weighted by atomic mass is 35.5. The summed E-state index contributed by atoms with van der Waals surface area (Å²) in [4.78, 5) is 8.30. The monoisotopic (exact) mass is 283 g/mol. The summed E-state index contributed by atoms with van der Waals surface area (Å²) < 4.78 is 5.49. The number of aromatic nitrogens is 2. The molecule has 2 atom stereocenters. The van der Waals surface area contributed by atoms with E-state index in [-0.39, 0.29) is 0 Å². The molecule has 0 radical (unpaired) electrons. The van der Waals surface area contributed by atoms with Gasteiger partial charge in [-0.25, -0.2) is 9.97 Å². The molecule has 1 saturated carbocycles. The predicted octanol–water partition coefficient (Wildman–Crippen LogP) is 3.47. The molecule has 4 nitrogen and oxygen atoms in total. The van der Waals surface area contributed by atoms with Crippen LogP contribution in [0.4, 0.5) is 5.82 Å². The van der Waals surface area contributed by atoms with Crippen LogP contribution in [-0.4, -0.2) is 28.5 Å². The Balaban J connectivity index is 1.81. The van der Waals surface area contributed by atoms with Crippen molar-refractivity contribution in [2.75, 3.05) is 18.5 Å². The Bertz CT molecular complexity index is 389. The molecule has 0 amide bonds. The lowest BCUT2D eigenvalue weighted by Crippen LogP contribution is -2.22. The molecule has 1 aliphatic carbocycles. The van der Waals surface area contributed by atoms with Crippen LogP contribution in [-0.2, 0) is 0 Å². The number of ether oxygens (including phenoxy) is 1. The molecule has 106 valence electrons. The van der Waals surface area contributed by atoms with E-state index in [1.807, 2.05) is 6.07 Å². The van der Waals surface area contributed by atoms with Gasteiger partial charge < -0.3 is 10.1 Å². The van der Waals surface area contributed by atoms with Crippen LogP contribution in [0.1, 0.15) is 39.0 Å². The molecule has 0 spiro atoms. The second-order valence-electron chi connectivity index (χ2n) is 5.10. The smallest absolute Gasteiger partial charge is 0.218 e. The Morgan fingerprint density at radius 3 is 3.11 bits per heavy atom. The van der Waals surface area contributed by atoms with E-state index in [0.29, 0.717) is 23.8 Å². The third kappa shape index (κ3) is 4.86. The summed E-state index contributed by atoms with van der Waals surface area (Å²) in [6.45, 7) is 3.69. The molecular formula is C14H22ClN3O. The van der Waals surface area contributed by atoms with Crippen molar-refractivity contribution in [2.24, 2.45) is 5.92 Å². The Hall–Kier alpha value is -1.03. The summed E-state index contributed by atoms with van der Waals surface area (Å²) in [6, 6.07) is 1.86. The molecule has 1 heterocycles. The molecule has 1 N–H and O–H groups in total. The number of hydrogen-bond donors (Lipinski definition) is 1. The van der Waals surface area contributed by atoms with Gasteiger partial charge >= 0.3 is 0 Å². The highest BCUT2D eigenvalue weighted by molar-refractivity contribution is 6.20. The first-order chi connectivity index (χ1) is 9.28. The van der Waals surface area contributed by atoms with Crippen LogP contribution in [0.3, 0.4) is 0 Å². The molecule has 0 saturated heterocycles. The lowest BCUT2D eigenvalue weighted by molar-refractivity contribution is 0.305. The second kappa shape index (κ2) is 7.53. The SMILES string of the molecule is CCCOc1cc(NCC2CCCC(Cl)C2)ncn1. The average Bonchev–Trinajstić information content (AvgIpc) is 2.43. The van der Waals surface area contributed by atoms with Gasteiger partial charge in [0.15, 0.2) is 0 Å². The maximum atomic E-state index is 6.20. The number of alkyl halides is 1. The van der Waals surface area contributed by atoms with Gasteiger partial charge in [0, 0.05) is 18.0 Å². The quantitative estimate of drug-likeness (QED) is 0.812. The minimum atomic E-state index is 0.342. The lowest BCUT2D eigenvalue weighted by Gasteiger charge is -2.25. The predicted molar refractivity (Wildman–Crippen MR) is 77.9 cm³/mol. The van der Waals surface area contributed by atoms with Crippen LogP contribution in [0.15, 0.2) is 12.4 Å². The fourth-order valence-corrected chi connectivity index (χ4v) is 2.79. The summed E-state index contributed by atoms with van der Waals surface area (Å²) in [6.07, 6.45) is 7.25. The molecule has 5 heteroatoms. The van der Waals surface area contributed by atoms with Crippen LogP contribution in [0.25, 0.3) is 0 Å². The van der Waals surface area contributed by atoms with E-state index in [2.05, 4.69) is 22.2 Å². The molecule has 2 unspecified atom stereocenters. The van der Waals surface area contributed by atoms with E-state index in [1.165, 1.54) is 12.8 Å². The first-order valence-corrected chi connectivity index (χ1v) is 7.54. The molecule has 1 aromatic heterocycles. The Labute approximate surface area is 119 Å². The number of hydrogen-bond acceptors (Lipinski definition) is 4. The summed E-state index contributed by atoms with van der Waals surface area (Å²) >= 11 is 6.20. The van der Waals surface area contributed by atoms with E-state index in [1.54, 1.807) is 6.33 Å². The second-order valence-corrected chi connectivity index (χ2v) is 5.72. The van der Waals surface area contributed by atoms with Crippen LogP contribution in [0, 0.1) is 5.92 Å². The average molecular weight is 284 g/mol. The van der Waals surface area contributed by atoms with E-state index in [4.69, 9.17) is 16.3 Å². The standard InChI is InChI=1S/C14H22ClN3O/c1-2-6-19-14-8-13(17-10-18-14)16-9-11-4-3-5-12(15)7-11/h8,10-12H,2-7,9H2,1H3,(H,16,17,18). The van der Waals surface area contributed by atoms with E-state index >= 15 is 0 Å². The third-order valence-electron chi connectivity index (χ3n) is 3.39. The molecule has 2 rings (SSSR count). The molecule has 1 aromatic rings. The summed E-state index contributed by atoms with van der Waals surface area (Å²) in [7, 11) is 0. The Kier molecular flexibility index (Phi) is 5.70. The van der Waals surface area contributed by atoms with Gasteiger partial charge in [-0.2, -0.15) is 0 Å². The van der Waals surface area contributed by atoms with Crippen molar-refractivity contribution in [1.82, 2.24) is 9.97 Å². The van der Waals surface area contributed by atoms with Crippen LogP contribution < -0.4 is 10.1 Å². The Morgan fingerprint density at radius 2 is 2.32 bits per heavy atom. The largest absolute Gasteiger partial charge is 0.478 e. The molecule has 0 aromatic carbocycles. The lowest BCUT2D eigenvalue weighted by atomic mass is 9.89. The fraction of sp³-hybridized carbons (Fsp3) is 0.714. The van der Waals surface area contributed by atoms with Crippen LogP contribution in [0.2, 0.25) is 0 Å². The molecule has 0 aliphatic heterocycles. The minimum absolute atomic E-state index is 0.342. The van der Waals surface area contributed by atoms with Gasteiger partial charge in [0.2, 0.25) is 5.88 Å². The van der Waals surface area contributed by atoms with Gasteiger partial charge in [0.05, 0.1) is 6.61 Å². The maximum absolute atomic E-state index is 6.20. The van der Waals surface area contributed by atoms with Gasteiger partial charge in [-0.15, -0.1) is 11.6 Å². The van der Waals surface area contributed by atoms with Crippen molar-refractivity contribution in [2.45, 2.75) is 44.4 Å². The van der Waals surface area contributed by atoms with Crippen molar-refractivity contribution in [1.29, 1.82) is 0 Å². The van der Waals surface area contributed by atoms with Crippen molar-refractivity contribution >= 4 is 17.4 Å². The van der Waals surface area contributed by atoms with Gasteiger partial charge in [0.25, 0.3) is 0 Å². The molecule has 1 fully saturated rings. The van der Waals surface area contributed by atoms with Gasteiger partial charge in [-0.1, -0.05) is 13.3 Å². The Morgan fingerprint density at radius 1 is 1.42 bits per heavy atom. The number of nitrogens with one attached hydrogen (secondary N) is 1. The highest BCUT2D eigenvalue weighted by Crippen LogP contribution is 2.28. The molecule has 19 heavy (non-hydrogen) atoms. The summed E-state index contributed by atoms with van der Waals surface area (Å²) in [5, 5.41) is 3.70. The molecular weight excluding hydrogens is 262 g/mol. The first kappa shape index (κ1) is 14.4. The highest BCUT2D eigenvalue weighted by Gasteiger charge is 2.20. The molecule has 1 aliphatic rings. The number of rotatable bonds is 6. The zero-order valence-corrected chi connectivity index (χ0v) is 12.2. The summed E-state index contributed by atoms with van der Waals surface area (Å²) in [5.41, 5.74) is 0. The van der Waals surface area contributed by atoms with Crippen molar-refractivity contribution in [3.8, 4) is 5.88 Å². The zero-order chi connectivity index (χ0) is 13.5. The van der Waals surface area contributed by atoms with Crippen LogP contribution in [0.5, 0.6) is 5.88 Å². The van der Waals surface area contributed by atoms with E-state index in [0.717, 1.165) is 31.6 Å². The van der Waals surface area contributed by atoms with E-state index in [9.17, 15) is 0 Å². The minimum Gasteiger partial charge on any atom is -0.478 e. The normalized spacial score (nSPS) is 23.1. The maximum Gasteiger partial charge on any atom is 0.218 e. The van der Waals surface area contributed by atoms with Gasteiger partial charge in [0.1, 0.15) is 12.1 Å². The van der Waals surface area contributed by atoms with Crippen molar-refractivity contribution < 1.29 is 4.74 Å². The van der Waals surface area contributed by atoms with Crippen LogP contribution >= 0.6 is 11.6 Å². The topological polar surface area (TPSA) is 47.0 Å².